The number of fused-ring (bicyclic) bond motifs is 1. The van der Waals surface area contributed by atoms with Crippen LogP contribution in [-0.2, 0) is 23.0 Å². The molecule has 0 aliphatic carbocycles. The van der Waals surface area contributed by atoms with Gasteiger partial charge in [0.15, 0.2) is 0 Å². The zero-order valence-corrected chi connectivity index (χ0v) is 19.6. The van der Waals surface area contributed by atoms with Gasteiger partial charge in [0, 0.05) is 44.3 Å². The third-order valence-corrected chi connectivity index (χ3v) is 8.01. The van der Waals surface area contributed by atoms with Crippen LogP contribution in [0.4, 0.5) is 5.69 Å². The Bertz CT molecular complexity index is 1010. The third kappa shape index (κ3) is 4.41. The lowest BCUT2D eigenvalue weighted by atomic mass is 10.0. The predicted molar refractivity (Wildman–Crippen MR) is 123 cm³/mol. The van der Waals surface area contributed by atoms with Gasteiger partial charge < -0.3 is 14.5 Å². The van der Waals surface area contributed by atoms with Crippen LogP contribution < -0.4 is 9.64 Å². The molecule has 6 nitrogen and oxygen atoms in total. The number of nitrogens with zero attached hydrogens (tertiary/aromatic N) is 3. The van der Waals surface area contributed by atoms with Crippen LogP contribution in [0.1, 0.15) is 11.1 Å². The standard InChI is InChI=1S/C21H26ClN3O3S.ClH/c1-23-10-12-24(13-11-23)20-14-17(6-7-21(20)28-2)29(26,27)25-9-8-16-4-3-5-19(22)18(16)15-25;/h3-7,14H,8-13,15H2,1-2H3;1H. The van der Waals surface area contributed by atoms with E-state index in [9.17, 15) is 8.42 Å². The van der Waals surface area contributed by atoms with Gasteiger partial charge >= 0.3 is 0 Å². The molecule has 0 aromatic heterocycles. The van der Waals surface area contributed by atoms with Crippen molar-refractivity contribution in [2.75, 3.05) is 51.8 Å². The fourth-order valence-electron chi connectivity index (χ4n) is 3.99. The summed E-state index contributed by atoms with van der Waals surface area (Å²) in [6.07, 6.45) is 0.663. The summed E-state index contributed by atoms with van der Waals surface area (Å²) in [7, 11) is 0.0734. The van der Waals surface area contributed by atoms with Gasteiger partial charge in [-0.05, 0) is 48.9 Å². The van der Waals surface area contributed by atoms with Crippen LogP contribution >= 0.6 is 24.0 Å². The molecule has 0 bridgehead atoms. The van der Waals surface area contributed by atoms with Crippen molar-refractivity contribution in [3.05, 3.63) is 52.5 Å². The largest absolute Gasteiger partial charge is 0.495 e. The van der Waals surface area contributed by atoms with Crippen LogP contribution in [0.15, 0.2) is 41.3 Å². The van der Waals surface area contributed by atoms with Gasteiger partial charge in [-0.1, -0.05) is 23.7 Å². The van der Waals surface area contributed by atoms with E-state index >= 15 is 0 Å². The molecule has 0 N–H and O–H groups in total. The van der Waals surface area contributed by atoms with Crippen molar-refractivity contribution < 1.29 is 13.2 Å². The maximum Gasteiger partial charge on any atom is 0.243 e. The number of ether oxygens (including phenoxy) is 1. The van der Waals surface area contributed by atoms with E-state index in [2.05, 4.69) is 16.8 Å². The second-order valence-electron chi connectivity index (χ2n) is 7.59. The number of rotatable bonds is 4. The fraction of sp³-hybridized carbons (Fsp3) is 0.429. The number of anilines is 1. The van der Waals surface area contributed by atoms with Gasteiger partial charge in [0.2, 0.25) is 10.0 Å². The third-order valence-electron chi connectivity index (χ3n) is 5.81. The number of hydrogen-bond donors (Lipinski definition) is 0. The van der Waals surface area contributed by atoms with Crippen molar-refractivity contribution in [3.63, 3.8) is 0 Å². The van der Waals surface area contributed by atoms with Gasteiger partial charge in [-0.15, -0.1) is 12.4 Å². The lowest BCUT2D eigenvalue weighted by Gasteiger charge is -2.35. The average Bonchev–Trinajstić information content (AvgIpc) is 2.74. The van der Waals surface area contributed by atoms with Crippen molar-refractivity contribution in [2.45, 2.75) is 17.9 Å². The van der Waals surface area contributed by atoms with Gasteiger partial charge in [0.25, 0.3) is 0 Å². The van der Waals surface area contributed by atoms with Crippen LogP contribution in [0.25, 0.3) is 0 Å². The second kappa shape index (κ2) is 9.32. The molecule has 0 unspecified atom stereocenters. The monoisotopic (exact) mass is 471 g/mol. The molecule has 30 heavy (non-hydrogen) atoms. The normalized spacial score (nSPS) is 17.9. The predicted octanol–water partition coefficient (Wildman–Crippen LogP) is 3.27. The molecular weight excluding hydrogens is 445 g/mol. The highest BCUT2D eigenvalue weighted by molar-refractivity contribution is 7.89. The van der Waals surface area contributed by atoms with Crippen LogP contribution in [0, 0.1) is 0 Å². The number of piperazine rings is 1. The highest BCUT2D eigenvalue weighted by Crippen LogP contribution is 2.34. The Labute approximate surface area is 189 Å². The number of benzene rings is 2. The van der Waals surface area contributed by atoms with E-state index in [0.717, 1.165) is 43.0 Å². The van der Waals surface area contributed by atoms with Crippen LogP contribution in [0.5, 0.6) is 5.75 Å². The summed E-state index contributed by atoms with van der Waals surface area (Å²) in [6.45, 7) is 4.29. The molecule has 2 aromatic rings. The van der Waals surface area contributed by atoms with E-state index in [1.165, 1.54) is 4.31 Å². The summed E-state index contributed by atoms with van der Waals surface area (Å²) in [6, 6.07) is 10.9. The Morgan fingerprint density at radius 2 is 1.77 bits per heavy atom. The second-order valence-corrected chi connectivity index (χ2v) is 9.94. The maximum absolute atomic E-state index is 13.4. The topological polar surface area (TPSA) is 53.1 Å². The van der Waals surface area contributed by atoms with E-state index in [1.807, 2.05) is 18.2 Å². The van der Waals surface area contributed by atoms with Crippen molar-refractivity contribution in [1.29, 1.82) is 0 Å². The number of methoxy groups -OCH3 is 1. The van der Waals surface area contributed by atoms with Crippen molar-refractivity contribution in [3.8, 4) is 5.75 Å². The molecule has 1 saturated heterocycles. The Kier molecular flexibility index (Phi) is 7.20. The maximum atomic E-state index is 13.4. The van der Waals surface area contributed by atoms with E-state index in [0.29, 0.717) is 35.2 Å². The number of likely N-dealkylation sites (N-methyl/N-ethyl adjacent to an activating group) is 1. The van der Waals surface area contributed by atoms with Gasteiger partial charge in [0.1, 0.15) is 5.75 Å². The summed E-state index contributed by atoms with van der Waals surface area (Å²) in [5, 5.41) is 0.621. The molecule has 0 atom stereocenters. The van der Waals surface area contributed by atoms with Crippen molar-refractivity contribution >= 4 is 39.7 Å². The van der Waals surface area contributed by atoms with Gasteiger partial charge in [-0.3, -0.25) is 0 Å². The summed E-state index contributed by atoms with van der Waals surface area (Å²) >= 11 is 6.33. The molecule has 2 aliphatic rings. The highest BCUT2D eigenvalue weighted by Gasteiger charge is 2.30. The minimum Gasteiger partial charge on any atom is -0.495 e. The molecule has 0 saturated carbocycles. The van der Waals surface area contributed by atoms with Gasteiger partial charge in [0.05, 0.1) is 17.7 Å². The Morgan fingerprint density at radius 3 is 2.47 bits per heavy atom. The van der Waals surface area contributed by atoms with Crippen LogP contribution in [0.2, 0.25) is 5.02 Å². The summed E-state index contributed by atoms with van der Waals surface area (Å²) in [4.78, 5) is 4.75. The van der Waals surface area contributed by atoms with E-state index in [1.54, 1.807) is 25.3 Å². The first-order valence-corrected chi connectivity index (χ1v) is 11.6. The van der Waals surface area contributed by atoms with Gasteiger partial charge in [-0.2, -0.15) is 4.31 Å². The number of sulfonamides is 1. The smallest absolute Gasteiger partial charge is 0.243 e. The zero-order valence-electron chi connectivity index (χ0n) is 17.2. The van der Waals surface area contributed by atoms with Crippen molar-refractivity contribution in [1.82, 2.24) is 9.21 Å². The lowest BCUT2D eigenvalue weighted by molar-refractivity contribution is 0.311. The molecule has 164 valence electrons. The average molecular weight is 472 g/mol. The van der Waals surface area contributed by atoms with Crippen LogP contribution in [0.3, 0.4) is 0 Å². The molecule has 1 fully saturated rings. The summed E-state index contributed by atoms with van der Waals surface area (Å²) in [5.74, 6) is 0.695. The first kappa shape index (κ1) is 23.2. The molecule has 4 rings (SSSR count). The molecule has 9 heteroatoms. The first-order valence-electron chi connectivity index (χ1n) is 9.78. The molecule has 0 spiro atoms. The molecule has 0 radical (unpaired) electrons. The molecule has 2 aromatic carbocycles. The first-order chi connectivity index (χ1) is 13.9. The Morgan fingerprint density at radius 1 is 1.03 bits per heavy atom. The molecule has 2 heterocycles. The highest BCUT2D eigenvalue weighted by atomic mass is 35.5. The minimum atomic E-state index is -3.64. The van der Waals surface area contributed by atoms with Gasteiger partial charge in [-0.25, -0.2) is 8.42 Å². The minimum absolute atomic E-state index is 0. The number of halogens is 2. The quantitative estimate of drug-likeness (QED) is 0.684. The van der Waals surface area contributed by atoms with Crippen LogP contribution in [-0.4, -0.2) is 64.5 Å². The zero-order chi connectivity index (χ0) is 20.6. The lowest BCUT2D eigenvalue weighted by Crippen LogP contribution is -2.44. The molecule has 2 aliphatic heterocycles. The molecule has 0 amide bonds. The van der Waals surface area contributed by atoms with E-state index in [-0.39, 0.29) is 12.4 Å². The summed E-state index contributed by atoms with van der Waals surface area (Å²) < 4.78 is 33.9. The Hall–Kier alpha value is -1.51. The Balaban J connectivity index is 0.00000256. The fourth-order valence-corrected chi connectivity index (χ4v) is 5.68. The summed E-state index contributed by atoms with van der Waals surface area (Å²) in [5.41, 5.74) is 2.85. The van der Waals surface area contributed by atoms with E-state index in [4.69, 9.17) is 16.3 Å². The number of hydrogen-bond acceptors (Lipinski definition) is 5. The molecular formula is C21H27Cl2N3O3S. The van der Waals surface area contributed by atoms with E-state index < -0.39 is 10.0 Å². The van der Waals surface area contributed by atoms with Crippen molar-refractivity contribution in [2.24, 2.45) is 0 Å². The SMILES string of the molecule is COc1ccc(S(=O)(=O)N2CCc3cccc(Cl)c3C2)cc1N1CCN(C)CC1.Cl.